The molecule has 0 amide bonds. The number of hydrogen-bond donors (Lipinski definition) is 0. The molecule has 0 radical (unpaired) electrons. The first kappa shape index (κ1) is 13.1. The van der Waals surface area contributed by atoms with E-state index in [1.54, 1.807) is 0 Å². The van der Waals surface area contributed by atoms with Crippen LogP contribution >= 0.6 is 15.9 Å². The van der Waals surface area contributed by atoms with E-state index in [1.165, 1.54) is 10.8 Å². The van der Waals surface area contributed by atoms with E-state index in [-0.39, 0.29) is 0 Å². The Labute approximate surface area is 136 Å². The van der Waals surface area contributed by atoms with Gasteiger partial charge in [0.1, 0.15) is 6.07 Å². The number of nitrogens with zero attached hydrogens (tertiary/aromatic N) is 2. The molecule has 22 heavy (non-hydrogen) atoms. The van der Waals surface area contributed by atoms with E-state index in [0.29, 0.717) is 5.56 Å². The van der Waals surface area contributed by atoms with E-state index >= 15 is 0 Å². The van der Waals surface area contributed by atoms with Crippen LogP contribution in [0.15, 0.2) is 71.2 Å². The van der Waals surface area contributed by atoms with E-state index < -0.39 is 0 Å². The van der Waals surface area contributed by atoms with Crippen molar-refractivity contribution in [3.05, 3.63) is 76.8 Å². The SMILES string of the molecule is N#Cc1ccccc1-n1c2ccccc2c2ccc(Br)cc21. The minimum Gasteiger partial charge on any atom is -0.308 e. The summed E-state index contributed by atoms with van der Waals surface area (Å²) in [6.45, 7) is 0. The summed E-state index contributed by atoms with van der Waals surface area (Å²) < 4.78 is 3.19. The molecule has 0 fully saturated rings. The smallest absolute Gasteiger partial charge is 0.101 e. The topological polar surface area (TPSA) is 28.7 Å². The third-order valence-electron chi connectivity index (χ3n) is 3.90. The molecule has 1 heterocycles. The second-order valence-corrected chi connectivity index (χ2v) is 6.06. The number of nitriles is 1. The molecule has 0 saturated carbocycles. The number of hydrogen-bond acceptors (Lipinski definition) is 1. The molecule has 4 rings (SSSR count). The highest BCUT2D eigenvalue weighted by Gasteiger charge is 2.14. The fourth-order valence-corrected chi connectivity index (χ4v) is 3.32. The molecule has 104 valence electrons. The van der Waals surface area contributed by atoms with E-state index in [1.807, 2.05) is 36.4 Å². The average Bonchev–Trinajstić information content (AvgIpc) is 2.88. The van der Waals surface area contributed by atoms with Crippen LogP contribution in [-0.2, 0) is 0 Å². The molecule has 3 aromatic carbocycles. The zero-order valence-electron chi connectivity index (χ0n) is 11.6. The van der Waals surface area contributed by atoms with Crippen LogP contribution in [0.1, 0.15) is 5.56 Å². The van der Waals surface area contributed by atoms with E-state index in [9.17, 15) is 5.26 Å². The summed E-state index contributed by atoms with van der Waals surface area (Å²) in [5.41, 5.74) is 3.79. The Balaban J connectivity index is 2.24. The van der Waals surface area contributed by atoms with Gasteiger partial charge in [0, 0.05) is 15.2 Å². The van der Waals surface area contributed by atoms with Crippen LogP contribution in [0, 0.1) is 11.3 Å². The van der Waals surface area contributed by atoms with Crippen LogP contribution in [0.2, 0.25) is 0 Å². The maximum atomic E-state index is 9.44. The second-order valence-electron chi connectivity index (χ2n) is 5.14. The lowest BCUT2D eigenvalue weighted by molar-refractivity contribution is 1.17. The van der Waals surface area contributed by atoms with Crippen molar-refractivity contribution < 1.29 is 0 Å². The molecule has 0 unspecified atom stereocenters. The largest absolute Gasteiger partial charge is 0.308 e. The second kappa shape index (κ2) is 5.01. The van der Waals surface area contributed by atoms with Gasteiger partial charge in [0.25, 0.3) is 0 Å². The lowest BCUT2D eigenvalue weighted by atomic mass is 10.2. The number of fused-ring (bicyclic) bond motifs is 3. The number of aromatic nitrogens is 1. The minimum absolute atomic E-state index is 0.671. The minimum atomic E-state index is 0.671. The van der Waals surface area contributed by atoms with Gasteiger partial charge in [-0.1, -0.05) is 52.3 Å². The highest BCUT2D eigenvalue weighted by molar-refractivity contribution is 9.10. The molecule has 3 heteroatoms. The molecule has 0 aliphatic carbocycles. The molecule has 0 atom stereocenters. The molecule has 0 spiro atoms. The van der Waals surface area contributed by atoms with Gasteiger partial charge in [-0.3, -0.25) is 0 Å². The molecular formula is C19H11BrN2. The highest BCUT2D eigenvalue weighted by Crippen LogP contribution is 2.34. The number of benzene rings is 3. The van der Waals surface area contributed by atoms with Crippen LogP contribution in [0.3, 0.4) is 0 Å². The third-order valence-corrected chi connectivity index (χ3v) is 4.39. The normalized spacial score (nSPS) is 10.9. The van der Waals surface area contributed by atoms with Gasteiger partial charge in [-0.15, -0.1) is 0 Å². The van der Waals surface area contributed by atoms with Gasteiger partial charge < -0.3 is 4.57 Å². The van der Waals surface area contributed by atoms with Crippen molar-refractivity contribution in [3.63, 3.8) is 0 Å². The van der Waals surface area contributed by atoms with Crippen LogP contribution in [0.5, 0.6) is 0 Å². The van der Waals surface area contributed by atoms with Gasteiger partial charge in [0.2, 0.25) is 0 Å². The van der Waals surface area contributed by atoms with Gasteiger partial charge in [0.05, 0.1) is 22.3 Å². The summed E-state index contributed by atoms with van der Waals surface area (Å²) >= 11 is 3.55. The van der Waals surface area contributed by atoms with Gasteiger partial charge in [0.15, 0.2) is 0 Å². The van der Waals surface area contributed by atoms with E-state index in [0.717, 1.165) is 21.2 Å². The standard InChI is InChI=1S/C19H11BrN2/c20-14-9-10-16-15-6-2-4-8-18(15)22(19(16)11-14)17-7-3-1-5-13(17)12-21/h1-11H. The summed E-state index contributed by atoms with van der Waals surface area (Å²) in [6.07, 6.45) is 0. The fraction of sp³-hybridized carbons (Fsp3) is 0. The van der Waals surface area contributed by atoms with Crippen LogP contribution in [0.4, 0.5) is 0 Å². The molecule has 1 aromatic heterocycles. The Kier molecular flexibility index (Phi) is 2.99. The predicted molar refractivity (Wildman–Crippen MR) is 93.2 cm³/mol. The zero-order chi connectivity index (χ0) is 15.1. The summed E-state index contributed by atoms with van der Waals surface area (Å²) in [7, 11) is 0. The van der Waals surface area contributed by atoms with Crippen LogP contribution in [0.25, 0.3) is 27.5 Å². The van der Waals surface area contributed by atoms with Crippen molar-refractivity contribution in [1.29, 1.82) is 5.26 Å². The summed E-state index contributed by atoms with van der Waals surface area (Å²) in [5.74, 6) is 0. The highest BCUT2D eigenvalue weighted by atomic mass is 79.9. The maximum Gasteiger partial charge on any atom is 0.101 e. The van der Waals surface area contributed by atoms with Gasteiger partial charge in [-0.25, -0.2) is 0 Å². The number of rotatable bonds is 1. The first-order valence-electron chi connectivity index (χ1n) is 6.98. The van der Waals surface area contributed by atoms with Crippen molar-refractivity contribution in [2.24, 2.45) is 0 Å². The first-order chi connectivity index (χ1) is 10.8. The van der Waals surface area contributed by atoms with Crippen LogP contribution in [-0.4, -0.2) is 4.57 Å². The molecule has 0 bridgehead atoms. The molecule has 4 aromatic rings. The molecule has 0 aliphatic rings. The molecule has 0 aliphatic heterocycles. The quantitative estimate of drug-likeness (QED) is 0.452. The summed E-state index contributed by atoms with van der Waals surface area (Å²) in [5, 5.41) is 11.8. The molecular weight excluding hydrogens is 336 g/mol. The van der Waals surface area contributed by atoms with Gasteiger partial charge in [-0.05, 0) is 30.3 Å². The zero-order valence-corrected chi connectivity index (χ0v) is 13.2. The van der Waals surface area contributed by atoms with Crippen molar-refractivity contribution >= 4 is 37.7 Å². The summed E-state index contributed by atoms with van der Waals surface area (Å²) in [6, 6.07) is 24.6. The third kappa shape index (κ3) is 1.85. The number of para-hydroxylation sites is 2. The van der Waals surface area contributed by atoms with E-state index in [2.05, 4.69) is 56.9 Å². The van der Waals surface area contributed by atoms with Gasteiger partial charge in [-0.2, -0.15) is 5.26 Å². The first-order valence-corrected chi connectivity index (χ1v) is 7.77. The monoisotopic (exact) mass is 346 g/mol. The van der Waals surface area contributed by atoms with Crippen molar-refractivity contribution in [2.75, 3.05) is 0 Å². The molecule has 0 saturated heterocycles. The Bertz CT molecular complexity index is 1050. The maximum absolute atomic E-state index is 9.44. The predicted octanol–water partition coefficient (Wildman–Crippen LogP) is 5.42. The molecule has 2 nitrogen and oxygen atoms in total. The van der Waals surface area contributed by atoms with Crippen molar-refractivity contribution in [2.45, 2.75) is 0 Å². The fourth-order valence-electron chi connectivity index (χ4n) is 2.97. The van der Waals surface area contributed by atoms with Crippen LogP contribution < -0.4 is 0 Å². The Hall–Kier alpha value is -2.57. The summed E-state index contributed by atoms with van der Waals surface area (Å²) in [4.78, 5) is 0. The molecule has 0 N–H and O–H groups in total. The average molecular weight is 347 g/mol. The van der Waals surface area contributed by atoms with Crippen molar-refractivity contribution in [3.8, 4) is 11.8 Å². The lowest BCUT2D eigenvalue weighted by Crippen LogP contribution is -1.96. The Morgan fingerprint density at radius 1 is 0.818 bits per heavy atom. The van der Waals surface area contributed by atoms with Crippen molar-refractivity contribution in [1.82, 2.24) is 4.57 Å². The Morgan fingerprint density at radius 3 is 2.41 bits per heavy atom. The van der Waals surface area contributed by atoms with Gasteiger partial charge >= 0.3 is 0 Å². The van der Waals surface area contributed by atoms with E-state index in [4.69, 9.17) is 0 Å². The lowest BCUT2D eigenvalue weighted by Gasteiger charge is -2.09. The Morgan fingerprint density at radius 2 is 1.55 bits per heavy atom. The number of halogens is 1.